The van der Waals surface area contributed by atoms with Crippen molar-refractivity contribution in [1.82, 2.24) is 0 Å². The topological polar surface area (TPSA) is 9.23 Å². The van der Waals surface area contributed by atoms with Crippen molar-refractivity contribution in [3.63, 3.8) is 0 Å². The highest BCUT2D eigenvalue weighted by atomic mass is 35.5. The summed E-state index contributed by atoms with van der Waals surface area (Å²) in [5, 5.41) is 0. The average Bonchev–Trinajstić information content (AvgIpc) is 2.62. The lowest BCUT2D eigenvalue weighted by Crippen LogP contribution is -2.17. The molecule has 82 valence electrons. The van der Waals surface area contributed by atoms with Gasteiger partial charge < -0.3 is 4.74 Å². The molecule has 0 aromatic heterocycles. The number of alkyl halides is 3. The standard InChI is InChI=1S/C10H15ClF2O/c11-10(12,13)14-4-3-9-6-7-1-2-8(9)5-7/h7-9H,1-6H2/t7-,8-,9-/m1/s1. The van der Waals surface area contributed by atoms with E-state index in [4.69, 9.17) is 0 Å². The molecule has 2 bridgehead atoms. The van der Waals surface area contributed by atoms with Crippen molar-refractivity contribution >= 4 is 11.6 Å². The van der Waals surface area contributed by atoms with Crippen molar-refractivity contribution in [2.75, 3.05) is 6.61 Å². The summed E-state index contributed by atoms with van der Waals surface area (Å²) in [6.45, 7) is 0.0877. The Labute approximate surface area is 87.8 Å². The molecule has 14 heavy (non-hydrogen) atoms. The Hall–Kier alpha value is 0.110. The third-order valence-electron chi connectivity index (χ3n) is 3.64. The Balaban J connectivity index is 1.67. The first-order valence-electron chi connectivity index (χ1n) is 5.25. The molecule has 1 nitrogen and oxygen atoms in total. The molecule has 0 spiro atoms. The van der Waals surface area contributed by atoms with Gasteiger partial charge in [0.1, 0.15) is 0 Å². The van der Waals surface area contributed by atoms with Crippen molar-refractivity contribution < 1.29 is 13.5 Å². The van der Waals surface area contributed by atoms with Crippen molar-refractivity contribution in [1.29, 1.82) is 0 Å². The lowest BCUT2D eigenvalue weighted by Gasteiger charge is -2.21. The molecule has 2 rings (SSSR count). The van der Waals surface area contributed by atoms with Gasteiger partial charge >= 0.3 is 5.57 Å². The smallest absolute Gasteiger partial charge is 0.307 e. The first-order chi connectivity index (χ1) is 6.54. The van der Waals surface area contributed by atoms with E-state index < -0.39 is 5.57 Å². The molecule has 0 aliphatic heterocycles. The van der Waals surface area contributed by atoms with Gasteiger partial charge in [-0.1, -0.05) is 6.42 Å². The van der Waals surface area contributed by atoms with Crippen LogP contribution in [0.2, 0.25) is 0 Å². The van der Waals surface area contributed by atoms with Crippen LogP contribution >= 0.6 is 11.6 Å². The van der Waals surface area contributed by atoms with Gasteiger partial charge in [-0.3, -0.25) is 0 Å². The predicted octanol–water partition coefficient (Wildman–Crippen LogP) is 3.62. The molecule has 2 saturated carbocycles. The van der Waals surface area contributed by atoms with Crippen molar-refractivity contribution in [2.45, 2.75) is 37.7 Å². The summed E-state index contributed by atoms with van der Waals surface area (Å²) in [6.07, 6.45) is 5.88. The Kier molecular flexibility index (Phi) is 2.98. The first-order valence-corrected chi connectivity index (χ1v) is 5.63. The number of ether oxygens (including phenoxy) is 1. The summed E-state index contributed by atoms with van der Waals surface area (Å²) >= 11 is 4.64. The highest BCUT2D eigenvalue weighted by Crippen LogP contribution is 2.49. The van der Waals surface area contributed by atoms with E-state index in [9.17, 15) is 8.78 Å². The third kappa shape index (κ3) is 2.57. The van der Waals surface area contributed by atoms with Crippen LogP contribution in [-0.2, 0) is 4.74 Å². The van der Waals surface area contributed by atoms with Gasteiger partial charge in [-0.15, -0.1) is 0 Å². The Bertz CT molecular complexity index is 205. The van der Waals surface area contributed by atoms with Gasteiger partial charge in [0.05, 0.1) is 6.61 Å². The maximum absolute atomic E-state index is 12.1. The molecule has 2 fully saturated rings. The van der Waals surface area contributed by atoms with Gasteiger partial charge in [-0.05, 0) is 55.0 Å². The summed E-state index contributed by atoms with van der Waals surface area (Å²) < 4.78 is 28.5. The van der Waals surface area contributed by atoms with Crippen LogP contribution in [0, 0.1) is 17.8 Å². The molecule has 0 aromatic rings. The molecule has 0 unspecified atom stereocenters. The third-order valence-corrected chi connectivity index (χ3v) is 3.75. The van der Waals surface area contributed by atoms with Crippen LogP contribution in [0.1, 0.15) is 32.1 Å². The van der Waals surface area contributed by atoms with Gasteiger partial charge in [0.2, 0.25) is 0 Å². The second kappa shape index (κ2) is 3.93. The van der Waals surface area contributed by atoms with E-state index in [2.05, 4.69) is 16.3 Å². The van der Waals surface area contributed by atoms with Gasteiger partial charge in [-0.25, -0.2) is 0 Å². The van der Waals surface area contributed by atoms with Gasteiger partial charge in [-0.2, -0.15) is 8.78 Å². The van der Waals surface area contributed by atoms with Crippen LogP contribution in [0.15, 0.2) is 0 Å². The Morgan fingerprint density at radius 2 is 2.07 bits per heavy atom. The molecule has 0 amide bonds. The van der Waals surface area contributed by atoms with Crippen LogP contribution < -0.4 is 0 Å². The van der Waals surface area contributed by atoms with E-state index in [1.165, 1.54) is 25.7 Å². The fourth-order valence-electron chi connectivity index (χ4n) is 3.06. The molecule has 0 N–H and O–H groups in total. The molecule has 0 saturated heterocycles. The van der Waals surface area contributed by atoms with Crippen LogP contribution in [0.4, 0.5) is 8.78 Å². The number of fused-ring (bicyclic) bond motifs is 2. The van der Waals surface area contributed by atoms with Crippen molar-refractivity contribution in [3.05, 3.63) is 0 Å². The quantitative estimate of drug-likeness (QED) is 0.663. The minimum atomic E-state index is -3.47. The molecule has 4 heteroatoms. The van der Waals surface area contributed by atoms with Crippen LogP contribution in [0.5, 0.6) is 0 Å². The summed E-state index contributed by atoms with van der Waals surface area (Å²) in [4.78, 5) is 0. The van der Waals surface area contributed by atoms with Crippen molar-refractivity contribution in [2.24, 2.45) is 17.8 Å². The lowest BCUT2D eigenvalue weighted by molar-refractivity contribution is -0.172. The molecule has 2 aliphatic carbocycles. The molecule has 0 heterocycles. The van der Waals surface area contributed by atoms with E-state index in [-0.39, 0.29) is 6.61 Å². The summed E-state index contributed by atoms with van der Waals surface area (Å²) in [6, 6.07) is 0. The molecular formula is C10H15ClF2O. The number of halogens is 3. The van der Waals surface area contributed by atoms with E-state index >= 15 is 0 Å². The highest BCUT2D eigenvalue weighted by molar-refractivity contribution is 6.20. The fraction of sp³-hybridized carbons (Fsp3) is 1.00. The number of rotatable bonds is 4. The number of hydrogen-bond acceptors (Lipinski definition) is 1. The van der Waals surface area contributed by atoms with E-state index in [0.29, 0.717) is 5.92 Å². The maximum Gasteiger partial charge on any atom is 0.440 e. The summed E-state index contributed by atoms with van der Waals surface area (Å²) in [5.74, 6) is 2.24. The van der Waals surface area contributed by atoms with Crippen LogP contribution in [0.3, 0.4) is 0 Å². The molecule has 2 aliphatic rings. The molecule has 0 radical (unpaired) electrons. The summed E-state index contributed by atoms with van der Waals surface area (Å²) in [7, 11) is 0. The average molecular weight is 225 g/mol. The monoisotopic (exact) mass is 224 g/mol. The second-order valence-electron chi connectivity index (χ2n) is 4.52. The largest absolute Gasteiger partial charge is 0.440 e. The van der Waals surface area contributed by atoms with Gasteiger partial charge in [0.15, 0.2) is 0 Å². The zero-order valence-corrected chi connectivity index (χ0v) is 8.77. The maximum atomic E-state index is 12.1. The zero-order chi connectivity index (χ0) is 10.2. The van der Waals surface area contributed by atoms with E-state index in [0.717, 1.165) is 18.3 Å². The predicted molar refractivity (Wildman–Crippen MR) is 50.3 cm³/mol. The van der Waals surface area contributed by atoms with Crippen molar-refractivity contribution in [3.8, 4) is 0 Å². The minimum absolute atomic E-state index is 0.0877. The van der Waals surface area contributed by atoms with Crippen LogP contribution in [-0.4, -0.2) is 12.2 Å². The van der Waals surface area contributed by atoms with E-state index in [1.807, 2.05) is 0 Å². The van der Waals surface area contributed by atoms with Crippen LogP contribution in [0.25, 0.3) is 0 Å². The SMILES string of the molecule is FC(F)(Cl)OCC[C@@H]1C[C@@H]2CC[C@@H]1C2. The highest BCUT2D eigenvalue weighted by Gasteiger charge is 2.39. The second-order valence-corrected chi connectivity index (χ2v) is 4.96. The van der Waals surface area contributed by atoms with Gasteiger partial charge in [0.25, 0.3) is 0 Å². The number of hydrogen-bond donors (Lipinski definition) is 0. The first kappa shape index (κ1) is 10.6. The zero-order valence-electron chi connectivity index (χ0n) is 8.02. The minimum Gasteiger partial charge on any atom is -0.307 e. The van der Waals surface area contributed by atoms with E-state index in [1.54, 1.807) is 0 Å². The molecule has 0 aromatic carbocycles. The molecule has 3 atom stereocenters. The van der Waals surface area contributed by atoms with Gasteiger partial charge in [0, 0.05) is 0 Å². The Morgan fingerprint density at radius 3 is 2.57 bits per heavy atom. The fourth-order valence-corrected chi connectivity index (χ4v) is 3.13. The molecular weight excluding hydrogens is 210 g/mol. The normalized spacial score (nSPS) is 36.6. The Morgan fingerprint density at radius 1 is 1.29 bits per heavy atom. The lowest BCUT2D eigenvalue weighted by atomic mass is 9.87. The summed E-state index contributed by atoms with van der Waals surface area (Å²) in [5.41, 5.74) is -3.47.